The summed E-state index contributed by atoms with van der Waals surface area (Å²) in [7, 11) is 0. The number of nitrogens with one attached hydrogen (secondary N) is 1. The molecule has 0 spiro atoms. The Hall–Kier alpha value is -2.57. The van der Waals surface area contributed by atoms with E-state index in [1.807, 2.05) is 22.9 Å². The number of likely N-dealkylation sites (tertiary alicyclic amines) is 1. The van der Waals surface area contributed by atoms with Crippen molar-refractivity contribution < 1.29 is 14.3 Å². The second-order valence-corrected chi connectivity index (χ2v) is 5.51. The summed E-state index contributed by atoms with van der Waals surface area (Å²) in [5.41, 5.74) is 1.21. The van der Waals surface area contributed by atoms with Gasteiger partial charge in [0.2, 0.25) is 0 Å². The molecule has 1 fully saturated rings. The second-order valence-electron chi connectivity index (χ2n) is 5.51. The number of rotatable bonds is 3. The molecule has 0 saturated carbocycles. The normalized spacial score (nSPS) is 15.6. The highest BCUT2D eigenvalue weighted by molar-refractivity contribution is 5.99. The summed E-state index contributed by atoms with van der Waals surface area (Å²) in [4.78, 5) is 30.0. The fourth-order valence-electron chi connectivity index (χ4n) is 2.81. The molecule has 23 heavy (non-hydrogen) atoms. The van der Waals surface area contributed by atoms with Crippen molar-refractivity contribution in [3.8, 4) is 0 Å². The molecule has 0 atom stereocenters. The monoisotopic (exact) mass is 316 g/mol. The average molecular weight is 316 g/mol. The lowest BCUT2D eigenvalue weighted by molar-refractivity contribution is 0.0861. The third-order valence-electron chi connectivity index (χ3n) is 4.02. The summed E-state index contributed by atoms with van der Waals surface area (Å²) in [6, 6.07) is 3.65. The van der Waals surface area contributed by atoms with E-state index in [-0.39, 0.29) is 18.0 Å². The van der Waals surface area contributed by atoms with Crippen molar-refractivity contribution in [2.24, 2.45) is 0 Å². The minimum Gasteiger partial charge on any atom is -0.450 e. The predicted molar refractivity (Wildman–Crippen MR) is 84.3 cm³/mol. The Labute approximate surface area is 134 Å². The van der Waals surface area contributed by atoms with E-state index in [4.69, 9.17) is 4.74 Å². The van der Waals surface area contributed by atoms with Gasteiger partial charge in [0.25, 0.3) is 5.91 Å². The fourth-order valence-corrected chi connectivity index (χ4v) is 2.81. The van der Waals surface area contributed by atoms with Gasteiger partial charge in [-0.15, -0.1) is 0 Å². The van der Waals surface area contributed by atoms with Crippen LogP contribution in [0, 0.1) is 0 Å². The van der Waals surface area contributed by atoms with Gasteiger partial charge in [0.05, 0.1) is 12.2 Å². The number of carbonyl (C=O) groups excluding carboxylic acids is 2. The van der Waals surface area contributed by atoms with Crippen molar-refractivity contribution in [1.29, 1.82) is 0 Å². The topological polar surface area (TPSA) is 75.9 Å². The van der Waals surface area contributed by atoms with E-state index >= 15 is 0 Å². The van der Waals surface area contributed by atoms with Gasteiger partial charge < -0.3 is 19.4 Å². The van der Waals surface area contributed by atoms with E-state index in [0.29, 0.717) is 30.9 Å². The van der Waals surface area contributed by atoms with Gasteiger partial charge in [-0.25, -0.2) is 9.78 Å². The van der Waals surface area contributed by atoms with Gasteiger partial charge >= 0.3 is 6.09 Å². The molecule has 1 N–H and O–H groups in total. The Morgan fingerprint density at radius 1 is 1.35 bits per heavy atom. The zero-order valence-corrected chi connectivity index (χ0v) is 13.1. The van der Waals surface area contributed by atoms with Crippen LogP contribution < -0.4 is 5.32 Å². The maximum atomic E-state index is 12.5. The molecule has 1 aliphatic heterocycles. The molecule has 1 saturated heterocycles. The van der Waals surface area contributed by atoms with Gasteiger partial charge in [0.1, 0.15) is 5.65 Å². The molecule has 3 heterocycles. The molecule has 3 rings (SSSR count). The zero-order chi connectivity index (χ0) is 16.2. The van der Waals surface area contributed by atoms with Crippen LogP contribution in [0.1, 0.15) is 30.1 Å². The lowest BCUT2D eigenvalue weighted by Gasteiger charge is -2.31. The number of hydrogen-bond donors (Lipinski definition) is 1. The van der Waals surface area contributed by atoms with Crippen LogP contribution in [0.2, 0.25) is 0 Å². The van der Waals surface area contributed by atoms with Gasteiger partial charge in [-0.05, 0) is 31.9 Å². The lowest BCUT2D eigenvalue weighted by atomic mass is 10.0. The smallest absolute Gasteiger partial charge is 0.409 e. The molecule has 1 aliphatic rings. The number of carbonyl (C=O) groups is 2. The minimum absolute atomic E-state index is 0.0587. The predicted octanol–water partition coefficient (Wildman–Crippen LogP) is 1.68. The van der Waals surface area contributed by atoms with Crippen molar-refractivity contribution in [2.75, 3.05) is 19.7 Å². The summed E-state index contributed by atoms with van der Waals surface area (Å²) in [6.45, 7) is 3.36. The number of imidazole rings is 1. The van der Waals surface area contributed by atoms with E-state index in [1.54, 1.807) is 24.1 Å². The first-order chi connectivity index (χ1) is 11.2. The summed E-state index contributed by atoms with van der Waals surface area (Å²) in [5.74, 6) is -0.128. The number of ether oxygens (including phenoxy) is 1. The van der Waals surface area contributed by atoms with E-state index in [1.165, 1.54) is 0 Å². The molecular weight excluding hydrogens is 296 g/mol. The van der Waals surface area contributed by atoms with E-state index < -0.39 is 0 Å². The molecule has 7 heteroatoms. The number of fused-ring (bicyclic) bond motifs is 1. The van der Waals surface area contributed by atoms with Crippen LogP contribution in [0.3, 0.4) is 0 Å². The molecule has 2 amide bonds. The van der Waals surface area contributed by atoms with E-state index in [9.17, 15) is 9.59 Å². The third-order valence-corrected chi connectivity index (χ3v) is 4.02. The number of piperidine rings is 1. The van der Waals surface area contributed by atoms with Gasteiger partial charge in [-0.3, -0.25) is 4.79 Å². The third kappa shape index (κ3) is 3.28. The molecule has 7 nitrogen and oxygen atoms in total. The van der Waals surface area contributed by atoms with Crippen molar-refractivity contribution >= 4 is 17.6 Å². The van der Waals surface area contributed by atoms with Crippen LogP contribution in [-0.4, -0.2) is 52.0 Å². The SMILES string of the molecule is CCOC(=O)N1CCC(NC(=O)c2cccn3ccnc23)CC1. The van der Waals surface area contributed by atoms with Crippen LogP contribution in [0.4, 0.5) is 4.79 Å². The van der Waals surface area contributed by atoms with Crippen LogP contribution in [-0.2, 0) is 4.74 Å². The summed E-state index contributed by atoms with van der Waals surface area (Å²) >= 11 is 0. The highest BCUT2D eigenvalue weighted by Crippen LogP contribution is 2.14. The van der Waals surface area contributed by atoms with Crippen LogP contribution in [0.5, 0.6) is 0 Å². The molecule has 0 bridgehead atoms. The first-order valence-corrected chi connectivity index (χ1v) is 7.83. The van der Waals surface area contributed by atoms with E-state index in [0.717, 1.165) is 12.8 Å². The van der Waals surface area contributed by atoms with Crippen molar-refractivity contribution in [1.82, 2.24) is 19.6 Å². The Morgan fingerprint density at radius 3 is 2.87 bits per heavy atom. The maximum absolute atomic E-state index is 12.5. The largest absolute Gasteiger partial charge is 0.450 e. The highest BCUT2D eigenvalue weighted by Gasteiger charge is 2.25. The van der Waals surface area contributed by atoms with Crippen molar-refractivity contribution in [3.05, 3.63) is 36.3 Å². The molecular formula is C16H20N4O3. The van der Waals surface area contributed by atoms with Crippen LogP contribution in [0.25, 0.3) is 5.65 Å². The number of hydrogen-bond acceptors (Lipinski definition) is 4. The molecule has 0 radical (unpaired) electrons. The van der Waals surface area contributed by atoms with Gasteiger partial charge in [-0.1, -0.05) is 0 Å². The zero-order valence-electron chi connectivity index (χ0n) is 13.1. The number of nitrogens with zero attached hydrogens (tertiary/aromatic N) is 3. The Bertz CT molecular complexity index is 704. The quantitative estimate of drug-likeness (QED) is 0.935. The minimum atomic E-state index is -0.278. The molecule has 2 aromatic rings. The molecule has 0 unspecified atom stereocenters. The lowest BCUT2D eigenvalue weighted by Crippen LogP contribution is -2.46. The van der Waals surface area contributed by atoms with Crippen LogP contribution >= 0.6 is 0 Å². The Kier molecular flexibility index (Phi) is 4.45. The first kappa shape index (κ1) is 15.3. The Morgan fingerprint density at radius 2 is 2.13 bits per heavy atom. The standard InChI is InChI=1S/C16H20N4O3/c1-2-23-16(22)20-9-5-12(6-10-20)18-15(21)13-4-3-8-19-11-7-17-14(13)19/h3-4,7-8,11-12H,2,5-6,9-10H2,1H3,(H,18,21). The molecule has 0 aliphatic carbocycles. The van der Waals surface area contributed by atoms with Crippen molar-refractivity contribution in [2.45, 2.75) is 25.8 Å². The number of pyridine rings is 1. The number of amides is 2. The average Bonchev–Trinajstić information content (AvgIpc) is 3.04. The fraction of sp³-hybridized carbons (Fsp3) is 0.438. The second kappa shape index (κ2) is 6.68. The highest BCUT2D eigenvalue weighted by atomic mass is 16.6. The van der Waals surface area contributed by atoms with E-state index in [2.05, 4.69) is 10.3 Å². The van der Waals surface area contributed by atoms with Gasteiger partial charge in [0, 0.05) is 37.7 Å². The summed E-state index contributed by atoms with van der Waals surface area (Å²) in [6.07, 6.45) is 6.51. The van der Waals surface area contributed by atoms with Crippen molar-refractivity contribution in [3.63, 3.8) is 0 Å². The van der Waals surface area contributed by atoms with Crippen LogP contribution in [0.15, 0.2) is 30.7 Å². The van der Waals surface area contributed by atoms with Gasteiger partial charge in [-0.2, -0.15) is 0 Å². The van der Waals surface area contributed by atoms with Gasteiger partial charge in [0.15, 0.2) is 0 Å². The maximum Gasteiger partial charge on any atom is 0.409 e. The first-order valence-electron chi connectivity index (χ1n) is 7.83. The summed E-state index contributed by atoms with van der Waals surface area (Å²) in [5, 5.41) is 3.04. The molecule has 0 aromatic carbocycles. The molecule has 122 valence electrons. The molecule has 2 aromatic heterocycles. The summed E-state index contributed by atoms with van der Waals surface area (Å²) < 4.78 is 6.81. The Balaban J connectivity index is 1.59. The number of aromatic nitrogens is 2.